The number of aryl methyl sites for hydroxylation is 1. The topological polar surface area (TPSA) is 79.5 Å². The average Bonchev–Trinajstić information content (AvgIpc) is 3.39. The molecule has 1 aromatic heterocycles. The van der Waals surface area contributed by atoms with Crippen LogP contribution < -0.4 is 20.7 Å². The SMILES string of the molecule is C=C1C[C@@H]2[C@@H]3CC[C@H](CN2c2nc(OC[C@@]45CCCN4C[C@@]4(CC4(F)F)C5)nc4c(F)c(-c5c(F)c(N)cc(C)c5C(F)(F)F)c(C(F)(F)F)c1c24)N3. The molecule has 4 saturated heterocycles. The third-order valence-corrected chi connectivity index (χ3v) is 12.6. The molecule has 3 N–H and O–H groups in total. The van der Waals surface area contributed by atoms with E-state index in [2.05, 4.69) is 21.9 Å². The van der Waals surface area contributed by atoms with E-state index in [1.54, 1.807) is 4.90 Å². The van der Waals surface area contributed by atoms with Crippen LogP contribution in [0, 0.1) is 24.0 Å². The molecule has 2 bridgehead atoms. The zero-order chi connectivity index (χ0) is 37.8. The van der Waals surface area contributed by atoms with Crippen molar-refractivity contribution < 1.29 is 48.6 Å². The number of ether oxygens (including phenoxy) is 1. The minimum Gasteiger partial charge on any atom is -0.461 e. The van der Waals surface area contributed by atoms with E-state index < -0.39 is 103 Å². The molecule has 2 aromatic carbocycles. The van der Waals surface area contributed by atoms with Crippen molar-refractivity contribution in [2.75, 3.05) is 36.9 Å². The molecule has 5 aliphatic heterocycles. The molecule has 17 heteroatoms. The van der Waals surface area contributed by atoms with Crippen LogP contribution in [0.25, 0.3) is 27.6 Å². The van der Waals surface area contributed by atoms with E-state index in [1.807, 2.05) is 4.90 Å². The van der Waals surface area contributed by atoms with Gasteiger partial charge in [-0.3, -0.25) is 4.90 Å². The zero-order valence-electron chi connectivity index (χ0n) is 28.3. The number of halogens is 10. The van der Waals surface area contributed by atoms with Crippen LogP contribution >= 0.6 is 0 Å². The van der Waals surface area contributed by atoms with E-state index in [1.165, 1.54) is 0 Å². The van der Waals surface area contributed by atoms with Gasteiger partial charge in [-0.25, -0.2) is 17.6 Å². The maximum absolute atomic E-state index is 17.3. The summed E-state index contributed by atoms with van der Waals surface area (Å²) >= 11 is 0. The minimum absolute atomic E-state index is 0.0915. The molecule has 6 aliphatic rings. The standard InChI is InChI=1S/C36H34F10N6O/c1-15-9-20-19-5-4-17(48-19)10-52(20)30-24-21(15)26(36(44,45)46)23(22-25(35(41,42)43)16(2)8-18(47)27(22)37)28(38)29(24)49-31(50-30)53-14-33-6-3-7-51(33)13-32(11-33)12-34(32,39)40/h8,17,19-20,48H,1,3-7,9-14,47H2,2H3/t17-,19+,20-,32+,33+/m1/s1. The number of nitrogen functional groups attached to an aromatic ring is 1. The van der Waals surface area contributed by atoms with E-state index in [9.17, 15) is 22.0 Å². The smallest absolute Gasteiger partial charge is 0.417 e. The van der Waals surface area contributed by atoms with E-state index in [0.29, 0.717) is 31.9 Å². The Morgan fingerprint density at radius 1 is 1.00 bits per heavy atom. The van der Waals surface area contributed by atoms with Crippen molar-refractivity contribution in [1.29, 1.82) is 0 Å². The van der Waals surface area contributed by atoms with Crippen molar-refractivity contribution in [3.8, 4) is 17.1 Å². The first kappa shape index (κ1) is 34.9. The Labute approximate surface area is 296 Å². The number of piperazine rings is 1. The number of hydrogen-bond donors (Lipinski definition) is 2. The Morgan fingerprint density at radius 2 is 1.70 bits per heavy atom. The Bertz CT molecular complexity index is 2120. The van der Waals surface area contributed by atoms with Gasteiger partial charge in [-0.2, -0.15) is 36.3 Å². The molecule has 0 unspecified atom stereocenters. The summed E-state index contributed by atoms with van der Waals surface area (Å²) in [7, 11) is 0. The summed E-state index contributed by atoms with van der Waals surface area (Å²) in [6.07, 6.45) is -8.58. The molecular formula is C36H34F10N6O. The van der Waals surface area contributed by atoms with Gasteiger partial charge in [0.05, 0.1) is 33.2 Å². The van der Waals surface area contributed by atoms with Crippen LogP contribution in [-0.4, -0.2) is 70.7 Å². The van der Waals surface area contributed by atoms with Crippen molar-refractivity contribution in [2.24, 2.45) is 5.41 Å². The van der Waals surface area contributed by atoms with Gasteiger partial charge in [0.15, 0.2) is 11.6 Å². The van der Waals surface area contributed by atoms with Crippen molar-refractivity contribution in [2.45, 2.75) is 93.8 Å². The lowest BCUT2D eigenvalue weighted by atomic mass is 9.83. The first-order valence-corrected chi connectivity index (χ1v) is 17.5. The molecule has 5 fully saturated rings. The van der Waals surface area contributed by atoms with Gasteiger partial charge in [0.25, 0.3) is 5.92 Å². The lowest BCUT2D eigenvalue weighted by Crippen LogP contribution is -2.58. The molecule has 284 valence electrons. The number of rotatable bonds is 4. The highest BCUT2D eigenvalue weighted by Crippen LogP contribution is 2.69. The number of nitrogens with zero attached hydrogens (tertiary/aromatic N) is 4. The number of aromatic nitrogens is 2. The van der Waals surface area contributed by atoms with Crippen molar-refractivity contribution in [1.82, 2.24) is 20.2 Å². The number of benzene rings is 2. The Morgan fingerprint density at radius 3 is 2.38 bits per heavy atom. The van der Waals surface area contributed by atoms with E-state index >= 15 is 22.0 Å². The second-order valence-electron chi connectivity index (χ2n) is 15.8. The van der Waals surface area contributed by atoms with Gasteiger partial charge in [-0.1, -0.05) is 6.58 Å². The molecular weight excluding hydrogens is 722 g/mol. The van der Waals surface area contributed by atoms with Gasteiger partial charge < -0.3 is 20.7 Å². The van der Waals surface area contributed by atoms with E-state index in [4.69, 9.17) is 10.5 Å². The van der Waals surface area contributed by atoms with Crippen LogP contribution in [0.2, 0.25) is 0 Å². The van der Waals surface area contributed by atoms with Gasteiger partial charge in [0.1, 0.15) is 17.9 Å². The summed E-state index contributed by atoms with van der Waals surface area (Å²) in [5.41, 5.74) is -6.74. The lowest BCUT2D eigenvalue weighted by molar-refractivity contribution is -0.139. The molecule has 1 spiro atoms. The van der Waals surface area contributed by atoms with Gasteiger partial charge >= 0.3 is 18.4 Å². The largest absolute Gasteiger partial charge is 0.461 e. The first-order valence-electron chi connectivity index (χ1n) is 17.5. The van der Waals surface area contributed by atoms with Gasteiger partial charge in [-0.15, -0.1) is 0 Å². The number of hydrogen-bond acceptors (Lipinski definition) is 7. The molecule has 53 heavy (non-hydrogen) atoms. The third-order valence-electron chi connectivity index (χ3n) is 12.6. The van der Waals surface area contributed by atoms with Crippen LogP contribution in [-0.2, 0) is 12.4 Å². The van der Waals surface area contributed by atoms with Gasteiger partial charge in [0, 0.05) is 54.3 Å². The predicted molar refractivity (Wildman–Crippen MR) is 174 cm³/mol. The fraction of sp³-hybridized carbons (Fsp3) is 0.556. The lowest BCUT2D eigenvalue weighted by Gasteiger charge is -2.41. The highest BCUT2D eigenvalue weighted by molar-refractivity contribution is 6.06. The van der Waals surface area contributed by atoms with Crippen LogP contribution in [0.15, 0.2) is 12.6 Å². The van der Waals surface area contributed by atoms with Gasteiger partial charge in [0.2, 0.25) is 0 Å². The second-order valence-corrected chi connectivity index (χ2v) is 15.8. The van der Waals surface area contributed by atoms with Gasteiger partial charge in [-0.05, 0) is 69.2 Å². The third kappa shape index (κ3) is 4.93. The average molecular weight is 757 g/mol. The molecule has 3 aromatic rings. The molecule has 5 atom stereocenters. The zero-order valence-corrected chi connectivity index (χ0v) is 28.3. The fourth-order valence-electron chi connectivity index (χ4n) is 10.2. The van der Waals surface area contributed by atoms with Crippen molar-refractivity contribution >= 4 is 28.0 Å². The highest BCUT2D eigenvalue weighted by atomic mass is 19.4. The Balaban J connectivity index is 1.30. The number of alkyl halides is 8. The van der Waals surface area contributed by atoms with Crippen LogP contribution in [0.1, 0.15) is 67.2 Å². The van der Waals surface area contributed by atoms with E-state index in [-0.39, 0.29) is 62.4 Å². The van der Waals surface area contributed by atoms with Crippen molar-refractivity contribution in [3.63, 3.8) is 0 Å². The number of anilines is 2. The maximum Gasteiger partial charge on any atom is 0.417 e. The van der Waals surface area contributed by atoms with Crippen molar-refractivity contribution in [3.05, 3.63) is 46.5 Å². The van der Waals surface area contributed by atoms with Crippen LogP contribution in [0.4, 0.5) is 55.4 Å². The van der Waals surface area contributed by atoms with E-state index in [0.717, 1.165) is 13.3 Å². The predicted octanol–water partition coefficient (Wildman–Crippen LogP) is 7.87. The quantitative estimate of drug-likeness (QED) is 0.207. The highest BCUT2D eigenvalue weighted by Gasteiger charge is 2.77. The maximum atomic E-state index is 17.3. The molecule has 6 heterocycles. The molecule has 9 rings (SSSR count). The number of fused-ring (bicyclic) bond motifs is 6. The van der Waals surface area contributed by atoms with Crippen LogP contribution in [0.5, 0.6) is 6.01 Å². The molecule has 1 saturated carbocycles. The normalized spacial score (nSPS) is 30.3. The summed E-state index contributed by atoms with van der Waals surface area (Å²) in [6.45, 7) is 5.61. The Hall–Kier alpha value is -3.86. The molecule has 0 amide bonds. The van der Waals surface area contributed by atoms with Crippen LogP contribution in [0.3, 0.4) is 0 Å². The minimum atomic E-state index is -5.53. The second kappa shape index (κ2) is 10.9. The molecule has 7 nitrogen and oxygen atoms in total. The molecule has 1 aliphatic carbocycles. The Kier molecular flexibility index (Phi) is 7.16. The summed E-state index contributed by atoms with van der Waals surface area (Å²) in [5.74, 6) is -6.71. The monoisotopic (exact) mass is 756 g/mol. The number of nitrogens with one attached hydrogen (secondary N) is 1. The number of nitrogens with two attached hydrogens (primary N) is 1. The molecule has 0 radical (unpaired) electrons. The summed E-state index contributed by atoms with van der Waals surface area (Å²) < 4.78 is 159. The first-order chi connectivity index (χ1) is 24.8. The summed E-state index contributed by atoms with van der Waals surface area (Å²) in [5, 5.41) is 3.01. The summed E-state index contributed by atoms with van der Waals surface area (Å²) in [4.78, 5) is 12.5. The summed E-state index contributed by atoms with van der Waals surface area (Å²) in [6, 6.07) is -0.735. The fourth-order valence-corrected chi connectivity index (χ4v) is 10.2.